The first-order valence-corrected chi connectivity index (χ1v) is 4.74. The first-order valence-electron chi connectivity index (χ1n) is 4.74. The summed E-state index contributed by atoms with van der Waals surface area (Å²) >= 11 is 0. The second-order valence-electron chi connectivity index (χ2n) is 5.61. The molecule has 0 amide bonds. The normalized spacial score (nSPS) is 55.2. The van der Waals surface area contributed by atoms with E-state index >= 15 is 0 Å². The Morgan fingerprint density at radius 2 is 1.67 bits per heavy atom. The molecule has 2 nitrogen and oxygen atoms in total. The van der Waals surface area contributed by atoms with Crippen LogP contribution < -0.4 is 5.73 Å². The van der Waals surface area contributed by atoms with Crippen molar-refractivity contribution < 1.29 is 4.74 Å². The topological polar surface area (TPSA) is 35.2 Å². The SMILES string of the molecule is CC1(N)CC1OC1(C)CC1(C)C. The maximum Gasteiger partial charge on any atom is 0.0778 e. The van der Waals surface area contributed by atoms with Crippen molar-refractivity contribution in [3.8, 4) is 0 Å². The Morgan fingerprint density at radius 1 is 1.25 bits per heavy atom. The van der Waals surface area contributed by atoms with E-state index in [0.29, 0.717) is 11.5 Å². The summed E-state index contributed by atoms with van der Waals surface area (Å²) in [5, 5.41) is 0. The van der Waals surface area contributed by atoms with E-state index in [2.05, 4.69) is 27.7 Å². The van der Waals surface area contributed by atoms with E-state index in [1.807, 2.05) is 0 Å². The molecule has 3 unspecified atom stereocenters. The van der Waals surface area contributed by atoms with Crippen LogP contribution in [0.25, 0.3) is 0 Å². The lowest BCUT2D eigenvalue weighted by molar-refractivity contribution is -0.000894. The molecule has 0 radical (unpaired) electrons. The fourth-order valence-corrected chi connectivity index (χ4v) is 1.83. The molecule has 0 heterocycles. The van der Waals surface area contributed by atoms with Gasteiger partial charge < -0.3 is 10.5 Å². The number of nitrogens with two attached hydrogens (primary N) is 1. The molecule has 0 bridgehead atoms. The predicted molar refractivity (Wildman–Crippen MR) is 48.9 cm³/mol. The van der Waals surface area contributed by atoms with Gasteiger partial charge in [-0.1, -0.05) is 13.8 Å². The van der Waals surface area contributed by atoms with Gasteiger partial charge in [0.25, 0.3) is 0 Å². The highest BCUT2D eigenvalue weighted by molar-refractivity contribution is 5.15. The fourth-order valence-electron chi connectivity index (χ4n) is 1.83. The standard InChI is InChI=1S/C10H19NO/c1-8(2)6-10(8,4)12-7-5-9(7,3)11/h7H,5-6,11H2,1-4H3. The summed E-state index contributed by atoms with van der Waals surface area (Å²) in [6, 6.07) is 0. The van der Waals surface area contributed by atoms with E-state index in [1.165, 1.54) is 6.42 Å². The van der Waals surface area contributed by atoms with Crippen molar-refractivity contribution in [2.75, 3.05) is 0 Å². The molecule has 2 rings (SSSR count). The molecular weight excluding hydrogens is 150 g/mol. The second-order valence-corrected chi connectivity index (χ2v) is 5.61. The van der Waals surface area contributed by atoms with Crippen molar-refractivity contribution in [2.45, 2.75) is 57.8 Å². The number of rotatable bonds is 2. The van der Waals surface area contributed by atoms with Crippen LogP contribution in [-0.4, -0.2) is 17.2 Å². The Hall–Kier alpha value is -0.0800. The van der Waals surface area contributed by atoms with Crippen molar-refractivity contribution in [3.05, 3.63) is 0 Å². The molecule has 0 aromatic rings. The van der Waals surface area contributed by atoms with Crippen LogP contribution in [0.15, 0.2) is 0 Å². The van der Waals surface area contributed by atoms with Crippen molar-refractivity contribution in [1.29, 1.82) is 0 Å². The summed E-state index contributed by atoms with van der Waals surface area (Å²) in [6.45, 7) is 8.77. The molecule has 2 fully saturated rings. The molecule has 2 aliphatic carbocycles. The Morgan fingerprint density at radius 3 is 1.92 bits per heavy atom. The largest absolute Gasteiger partial charge is 0.370 e. The van der Waals surface area contributed by atoms with Crippen LogP contribution in [0.2, 0.25) is 0 Å². The van der Waals surface area contributed by atoms with Crippen molar-refractivity contribution in [2.24, 2.45) is 11.1 Å². The minimum Gasteiger partial charge on any atom is -0.370 e. The van der Waals surface area contributed by atoms with Crippen LogP contribution in [0.4, 0.5) is 0 Å². The molecule has 2 heteroatoms. The van der Waals surface area contributed by atoms with Gasteiger partial charge >= 0.3 is 0 Å². The van der Waals surface area contributed by atoms with Gasteiger partial charge in [0, 0.05) is 5.54 Å². The fraction of sp³-hybridized carbons (Fsp3) is 1.00. The minimum atomic E-state index is -0.0400. The number of ether oxygens (including phenoxy) is 1. The van der Waals surface area contributed by atoms with E-state index in [0.717, 1.165) is 6.42 Å². The third kappa shape index (κ3) is 1.09. The third-order valence-electron chi connectivity index (χ3n) is 3.69. The molecule has 2 aliphatic rings. The number of hydrogen-bond donors (Lipinski definition) is 1. The van der Waals surface area contributed by atoms with E-state index in [1.54, 1.807) is 0 Å². The highest BCUT2D eigenvalue weighted by atomic mass is 16.5. The van der Waals surface area contributed by atoms with Gasteiger partial charge in [-0.2, -0.15) is 0 Å². The average Bonchev–Trinajstić information content (AvgIpc) is 2.50. The molecule has 12 heavy (non-hydrogen) atoms. The highest BCUT2D eigenvalue weighted by Gasteiger charge is 2.63. The summed E-state index contributed by atoms with van der Waals surface area (Å²) in [5.41, 5.74) is 6.34. The Balaban J connectivity index is 1.91. The van der Waals surface area contributed by atoms with Crippen molar-refractivity contribution >= 4 is 0 Å². The van der Waals surface area contributed by atoms with E-state index in [9.17, 15) is 0 Å². The van der Waals surface area contributed by atoms with Gasteiger partial charge in [-0.25, -0.2) is 0 Å². The summed E-state index contributed by atoms with van der Waals surface area (Å²) in [5.74, 6) is 0. The van der Waals surface area contributed by atoms with E-state index in [4.69, 9.17) is 10.5 Å². The maximum absolute atomic E-state index is 5.97. The van der Waals surface area contributed by atoms with Crippen LogP contribution >= 0.6 is 0 Å². The first kappa shape index (κ1) is 8.52. The Kier molecular flexibility index (Phi) is 1.33. The summed E-state index contributed by atoms with van der Waals surface area (Å²) in [7, 11) is 0. The Labute approximate surface area is 74.5 Å². The van der Waals surface area contributed by atoms with E-state index < -0.39 is 0 Å². The van der Waals surface area contributed by atoms with Gasteiger partial charge in [-0.15, -0.1) is 0 Å². The molecule has 70 valence electrons. The van der Waals surface area contributed by atoms with Gasteiger partial charge in [0.2, 0.25) is 0 Å². The van der Waals surface area contributed by atoms with Crippen LogP contribution in [0.5, 0.6) is 0 Å². The van der Waals surface area contributed by atoms with Gasteiger partial charge in [0.15, 0.2) is 0 Å². The lowest BCUT2D eigenvalue weighted by Gasteiger charge is -2.17. The zero-order chi connectivity index (χ0) is 9.20. The maximum atomic E-state index is 5.97. The summed E-state index contributed by atoms with van der Waals surface area (Å²) in [4.78, 5) is 0. The molecule has 0 saturated heterocycles. The van der Waals surface area contributed by atoms with Crippen molar-refractivity contribution in [1.82, 2.24) is 0 Å². The van der Waals surface area contributed by atoms with Crippen LogP contribution in [0, 0.1) is 5.41 Å². The zero-order valence-corrected chi connectivity index (χ0v) is 8.48. The van der Waals surface area contributed by atoms with Crippen molar-refractivity contribution in [3.63, 3.8) is 0 Å². The lowest BCUT2D eigenvalue weighted by atomic mass is 10.1. The Bertz CT molecular complexity index is 222. The molecule has 2 N–H and O–H groups in total. The molecule has 0 spiro atoms. The average molecular weight is 169 g/mol. The first-order chi connectivity index (χ1) is 5.27. The van der Waals surface area contributed by atoms with Gasteiger partial charge in [0.05, 0.1) is 11.7 Å². The molecule has 0 aromatic carbocycles. The zero-order valence-electron chi connectivity index (χ0n) is 8.48. The van der Waals surface area contributed by atoms with Gasteiger partial charge in [-0.05, 0) is 32.1 Å². The quantitative estimate of drug-likeness (QED) is 0.682. The number of hydrogen-bond acceptors (Lipinski definition) is 2. The predicted octanol–water partition coefficient (Wildman–Crippen LogP) is 1.68. The molecular formula is C10H19NO. The van der Waals surface area contributed by atoms with E-state index in [-0.39, 0.29) is 11.1 Å². The molecule has 3 atom stereocenters. The second kappa shape index (κ2) is 1.88. The van der Waals surface area contributed by atoms with Crippen LogP contribution in [0.3, 0.4) is 0 Å². The van der Waals surface area contributed by atoms with Gasteiger partial charge in [-0.3, -0.25) is 0 Å². The monoisotopic (exact) mass is 169 g/mol. The third-order valence-corrected chi connectivity index (χ3v) is 3.69. The van der Waals surface area contributed by atoms with Crippen LogP contribution in [0.1, 0.15) is 40.5 Å². The molecule has 2 saturated carbocycles. The molecule has 0 aliphatic heterocycles. The smallest absolute Gasteiger partial charge is 0.0778 e. The summed E-state index contributed by atoms with van der Waals surface area (Å²) in [6.07, 6.45) is 2.51. The lowest BCUT2D eigenvalue weighted by Crippen LogP contribution is -2.28. The van der Waals surface area contributed by atoms with Crippen LogP contribution in [-0.2, 0) is 4.74 Å². The molecule has 0 aromatic heterocycles. The van der Waals surface area contributed by atoms with Gasteiger partial charge in [0.1, 0.15) is 0 Å². The highest BCUT2D eigenvalue weighted by Crippen LogP contribution is 2.60. The minimum absolute atomic E-state index is 0.0400. The summed E-state index contributed by atoms with van der Waals surface area (Å²) < 4.78 is 5.97.